The van der Waals surface area contributed by atoms with Gasteiger partial charge in [-0.2, -0.15) is 0 Å². The number of carbonyl (C=O) groups excluding carboxylic acids is 2. The quantitative estimate of drug-likeness (QED) is 0.754. The number of Topliss-reactive ketones (excluding diaryl/α,β-unsaturated/α-hetero) is 1. The average molecular weight is 431 g/mol. The first-order valence-electron chi connectivity index (χ1n) is 10.9. The Balaban J connectivity index is 1.61. The van der Waals surface area contributed by atoms with Gasteiger partial charge >= 0.3 is 0 Å². The molecule has 0 radical (unpaired) electrons. The largest absolute Gasteiger partial charge is 0.454 e. The fourth-order valence-corrected chi connectivity index (χ4v) is 4.99. The van der Waals surface area contributed by atoms with Crippen molar-refractivity contribution in [1.82, 2.24) is 0 Å². The van der Waals surface area contributed by atoms with Crippen molar-refractivity contribution in [2.24, 2.45) is 16.3 Å². The Morgan fingerprint density at radius 1 is 1.06 bits per heavy atom. The van der Waals surface area contributed by atoms with Crippen molar-refractivity contribution in [2.75, 3.05) is 12.1 Å². The molecule has 32 heavy (non-hydrogen) atoms. The fourth-order valence-electron chi connectivity index (χ4n) is 4.99. The van der Waals surface area contributed by atoms with E-state index in [1.165, 1.54) is 0 Å². The number of nitrogens with zero attached hydrogens (tertiary/aromatic N) is 1. The van der Waals surface area contributed by atoms with E-state index >= 15 is 0 Å². The van der Waals surface area contributed by atoms with Gasteiger partial charge in [0.05, 0.1) is 5.92 Å². The van der Waals surface area contributed by atoms with Crippen molar-refractivity contribution in [3.63, 3.8) is 0 Å². The van der Waals surface area contributed by atoms with Crippen LogP contribution in [0, 0.1) is 11.3 Å². The lowest BCUT2D eigenvalue weighted by Gasteiger charge is -2.39. The van der Waals surface area contributed by atoms with Crippen LogP contribution in [-0.2, 0) is 9.59 Å². The van der Waals surface area contributed by atoms with Gasteiger partial charge in [-0.3, -0.25) is 14.6 Å². The van der Waals surface area contributed by atoms with Crippen LogP contribution in [-0.4, -0.2) is 24.2 Å². The van der Waals surface area contributed by atoms with Crippen molar-refractivity contribution < 1.29 is 19.1 Å². The molecule has 2 atom stereocenters. The number of anilines is 1. The summed E-state index contributed by atoms with van der Waals surface area (Å²) in [6.45, 7) is 6.22. The van der Waals surface area contributed by atoms with Gasteiger partial charge in [0.1, 0.15) is 0 Å². The first kappa shape index (κ1) is 20.5. The molecule has 0 bridgehead atoms. The van der Waals surface area contributed by atoms with Gasteiger partial charge in [0.15, 0.2) is 17.3 Å². The third kappa shape index (κ3) is 3.60. The lowest BCUT2D eigenvalue weighted by molar-refractivity contribution is -0.119. The molecule has 1 aliphatic carbocycles. The van der Waals surface area contributed by atoms with E-state index in [0.717, 1.165) is 11.3 Å². The number of para-hydroxylation sites is 1. The number of ketones is 1. The van der Waals surface area contributed by atoms with Gasteiger partial charge in [0, 0.05) is 35.0 Å². The van der Waals surface area contributed by atoms with Crippen LogP contribution < -0.4 is 14.8 Å². The van der Waals surface area contributed by atoms with Gasteiger partial charge in [0.2, 0.25) is 12.7 Å². The topological polar surface area (TPSA) is 77.0 Å². The molecule has 1 unspecified atom stereocenters. The Kier molecular flexibility index (Phi) is 4.88. The minimum Gasteiger partial charge on any atom is -0.454 e. The van der Waals surface area contributed by atoms with Crippen molar-refractivity contribution in [3.05, 3.63) is 65.4 Å². The summed E-state index contributed by atoms with van der Waals surface area (Å²) in [7, 11) is 0. The number of fused-ring (bicyclic) bond motifs is 1. The first-order valence-corrected chi connectivity index (χ1v) is 10.9. The van der Waals surface area contributed by atoms with E-state index in [4.69, 9.17) is 14.5 Å². The van der Waals surface area contributed by atoms with E-state index in [-0.39, 0.29) is 23.9 Å². The molecule has 6 nitrogen and oxygen atoms in total. The number of hydrogen-bond donors (Lipinski definition) is 1. The number of allylic oxidation sites excluding steroid dienone is 2. The van der Waals surface area contributed by atoms with Crippen molar-refractivity contribution in [3.8, 4) is 11.5 Å². The van der Waals surface area contributed by atoms with Gasteiger partial charge in [-0.05, 0) is 48.6 Å². The predicted octanol–water partition coefficient (Wildman–Crippen LogP) is 4.87. The smallest absolute Gasteiger partial charge is 0.234 e. The molecule has 0 saturated heterocycles. The Morgan fingerprint density at radius 2 is 1.81 bits per heavy atom. The van der Waals surface area contributed by atoms with E-state index in [2.05, 4.69) is 19.2 Å². The molecule has 0 spiro atoms. The van der Waals surface area contributed by atoms with E-state index in [9.17, 15) is 9.59 Å². The minimum absolute atomic E-state index is 0.0627. The zero-order valence-corrected chi connectivity index (χ0v) is 18.5. The van der Waals surface area contributed by atoms with Crippen LogP contribution in [0.15, 0.2) is 64.8 Å². The van der Waals surface area contributed by atoms with Crippen LogP contribution in [0.2, 0.25) is 0 Å². The maximum Gasteiger partial charge on any atom is 0.234 e. The summed E-state index contributed by atoms with van der Waals surface area (Å²) in [6, 6.07) is 15.0. The molecule has 6 heteroatoms. The number of hydrogen-bond acceptors (Lipinski definition) is 5. The van der Waals surface area contributed by atoms with Gasteiger partial charge in [0.25, 0.3) is 0 Å². The van der Waals surface area contributed by atoms with Gasteiger partial charge in [-0.25, -0.2) is 0 Å². The van der Waals surface area contributed by atoms with Crippen LogP contribution in [0.3, 0.4) is 0 Å². The van der Waals surface area contributed by atoms with E-state index < -0.39 is 11.8 Å². The Hall–Kier alpha value is -3.41. The van der Waals surface area contributed by atoms with Crippen LogP contribution in [0.4, 0.5) is 5.69 Å². The lowest BCUT2D eigenvalue weighted by atomic mass is 9.66. The Morgan fingerprint density at radius 3 is 2.59 bits per heavy atom. The summed E-state index contributed by atoms with van der Waals surface area (Å²) in [4.78, 5) is 31.7. The van der Waals surface area contributed by atoms with Gasteiger partial charge < -0.3 is 14.8 Å². The normalized spacial score (nSPS) is 23.5. The third-order valence-electron chi connectivity index (χ3n) is 6.38. The number of aliphatic imine (C=N–C) groups is 1. The molecule has 1 amide bonds. The van der Waals surface area contributed by atoms with E-state index in [0.29, 0.717) is 41.3 Å². The van der Waals surface area contributed by atoms with Crippen LogP contribution >= 0.6 is 0 Å². The number of nitrogens with one attached hydrogen (secondary N) is 1. The number of carbonyl (C=O) groups is 2. The van der Waals surface area contributed by atoms with E-state index in [1.807, 2.05) is 55.5 Å². The maximum absolute atomic E-state index is 13.5. The average Bonchev–Trinajstić information content (AvgIpc) is 3.20. The third-order valence-corrected chi connectivity index (χ3v) is 6.38. The molecule has 1 N–H and O–H groups in total. The molecule has 164 valence electrons. The summed E-state index contributed by atoms with van der Waals surface area (Å²) in [5.74, 6) is 0.168. The highest BCUT2D eigenvalue weighted by Crippen LogP contribution is 2.49. The Labute approximate surface area is 187 Å². The summed E-state index contributed by atoms with van der Waals surface area (Å²) in [5.41, 5.74) is 3.59. The van der Waals surface area contributed by atoms with Gasteiger partial charge in [-0.1, -0.05) is 38.1 Å². The van der Waals surface area contributed by atoms with Crippen LogP contribution in [0.25, 0.3) is 0 Å². The molecule has 0 aromatic heterocycles. The molecule has 2 aromatic carbocycles. The zero-order chi connectivity index (χ0) is 22.5. The fraction of sp³-hybridized carbons (Fsp3) is 0.346. The minimum atomic E-state index is -0.598. The first-order chi connectivity index (χ1) is 15.3. The molecular weight excluding hydrogens is 404 g/mol. The molecule has 5 rings (SSSR count). The molecule has 2 heterocycles. The second-order valence-corrected chi connectivity index (χ2v) is 9.48. The lowest BCUT2D eigenvalue weighted by Crippen LogP contribution is -2.41. The van der Waals surface area contributed by atoms with E-state index in [1.54, 1.807) is 0 Å². The monoisotopic (exact) mass is 430 g/mol. The summed E-state index contributed by atoms with van der Waals surface area (Å²) >= 11 is 0. The summed E-state index contributed by atoms with van der Waals surface area (Å²) in [6.07, 6.45) is 1.15. The maximum atomic E-state index is 13.5. The van der Waals surface area contributed by atoms with Crippen molar-refractivity contribution >= 4 is 23.1 Å². The highest BCUT2D eigenvalue weighted by atomic mass is 16.7. The second-order valence-electron chi connectivity index (χ2n) is 9.48. The molecule has 2 aliphatic heterocycles. The standard InChI is InChI=1S/C26H26N2O4/c1-15-22(25(30)28-17-7-5-4-6-8-17)23(16-9-10-20-21(11-16)32-14-31-20)24-18(27-15)12-26(2,3)13-19(24)29/h4-11,22-23H,12-14H2,1-3H3,(H,28,30)/t22?,23-/m1/s1. The number of benzene rings is 2. The summed E-state index contributed by atoms with van der Waals surface area (Å²) in [5, 5.41) is 3.01. The van der Waals surface area contributed by atoms with Gasteiger partial charge in [-0.15, -0.1) is 0 Å². The Bertz CT molecular complexity index is 1160. The zero-order valence-electron chi connectivity index (χ0n) is 18.5. The molecule has 3 aliphatic rings. The number of rotatable bonds is 3. The highest BCUT2D eigenvalue weighted by Gasteiger charge is 2.45. The molecule has 0 fully saturated rings. The molecule has 0 saturated carbocycles. The molecular formula is C26H26N2O4. The predicted molar refractivity (Wildman–Crippen MR) is 122 cm³/mol. The highest BCUT2D eigenvalue weighted by molar-refractivity contribution is 6.13. The number of ether oxygens (including phenoxy) is 2. The molecule has 2 aromatic rings. The van der Waals surface area contributed by atoms with Crippen LogP contribution in [0.1, 0.15) is 45.1 Å². The van der Waals surface area contributed by atoms with Crippen molar-refractivity contribution in [2.45, 2.75) is 39.5 Å². The number of amides is 1. The van der Waals surface area contributed by atoms with Crippen molar-refractivity contribution in [1.29, 1.82) is 0 Å². The van der Waals surface area contributed by atoms with Crippen LogP contribution in [0.5, 0.6) is 11.5 Å². The summed E-state index contributed by atoms with van der Waals surface area (Å²) < 4.78 is 11.1. The second kappa shape index (κ2) is 7.62. The SMILES string of the molecule is CC1=NC2=C(C(=O)CC(C)(C)C2)[C@H](c2ccc3c(c2)OCO3)C1C(=O)Nc1ccccc1.